The number of ether oxygens (including phenoxy) is 1. The molecule has 38 heavy (non-hydrogen) atoms. The van der Waals surface area contributed by atoms with Crippen molar-refractivity contribution in [1.82, 2.24) is 9.78 Å². The Labute approximate surface area is 227 Å². The second-order valence-electron chi connectivity index (χ2n) is 9.58. The third-order valence-electron chi connectivity index (χ3n) is 6.93. The molecule has 1 aromatic heterocycles. The van der Waals surface area contributed by atoms with Crippen LogP contribution in [0.1, 0.15) is 68.0 Å². The first-order chi connectivity index (χ1) is 18.4. The second-order valence-corrected chi connectivity index (χ2v) is 9.99. The number of hydrogen-bond donors (Lipinski definition) is 0. The number of rotatable bonds is 7. The molecule has 1 saturated heterocycles. The van der Waals surface area contributed by atoms with Crippen LogP contribution < -0.4 is 0 Å². The lowest BCUT2D eigenvalue weighted by Gasteiger charge is -2.23. The zero-order chi connectivity index (χ0) is 26.6. The highest BCUT2D eigenvalue weighted by atomic mass is 35.5. The van der Waals surface area contributed by atoms with Gasteiger partial charge in [-0.2, -0.15) is 5.10 Å². The van der Waals surface area contributed by atoms with E-state index in [-0.39, 0.29) is 17.8 Å². The van der Waals surface area contributed by atoms with Crippen molar-refractivity contribution in [2.45, 2.75) is 45.8 Å². The van der Waals surface area contributed by atoms with Crippen molar-refractivity contribution in [3.8, 4) is 0 Å². The predicted molar refractivity (Wildman–Crippen MR) is 152 cm³/mol. The molecule has 6 heteroatoms. The van der Waals surface area contributed by atoms with Crippen LogP contribution in [0.2, 0.25) is 5.02 Å². The van der Waals surface area contributed by atoms with Crippen LogP contribution in [-0.2, 0) is 9.53 Å². The van der Waals surface area contributed by atoms with Gasteiger partial charge in [0.15, 0.2) is 12.0 Å². The number of aromatic nitrogens is 2. The average molecular weight is 529 g/mol. The van der Waals surface area contributed by atoms with Crippen LogP contribution in [0.4, 0.5) is 4.39 Å². The average Bonchev–Trinajstić information content (AvgIpc) is 3.35. The van der Waals surface area contributed by atoms with Gasteiger partial charge in [0.25, 0.3) is 0 Å². The van der Waals surface area contributed by atoms with Crippen molar-refractivity contribution in [3.63, 3.8) is 0 Å². The summed E-state index contributed by atoms with van der Waals surface area (Å²) in [6.45, 7) is 4.37. The number of benzene rings is 3. The van der Waals surface area contributed by atoms with Crippen molar-refractivity contribution in [3.05, 3.63) is 106 Å². The van der Waals surface area contributed by atoms with Gasteiger partial charge >= 0.3 is 0 Å². The van der Waals surface area contributed by atoms with E-state index in [1.807, 2.05) is 35.1 Å². The lowest BCUT2D eigenvalue weighted by molar-refractivity contribution is -0.112. The standard InChI is InChI=1S/C32H30ClFN2O2/c1-3-27(28-15-14-26(34)19-29(28)33)32(23-11-9-22(10-12-23)8-7-21(2)37)24-13-16-30-25(18-24)20-35-36(30)31-6-4-5-17-38-31/h7-16,18-20,31H,3-6,17H2,1-2H3/b8-7+,32-27+. The van der Waals surface area contributed by atoms with Gasteiger partial charge in [0.2, 0.25) is 0 Å². The molecule has 4 aromatic rings. The molecule has 0 saturated carbocycles. The van der Waals surface area contributed by atoms with Crippen LogP contribution in [0.15, 0.2) is 72.9 Å². The summed E-state index contributed by atoms with van der Waals surface area (Å²) in [6, 6.07) is 19.0. The van der Waals surface area contributed by atoms with Gasteiger partial charge in [0, 0.05) is 12.0 Å². The fourth-order valence-electron chi connectivity index (χ4n) is 5.08. The molecule has 0 amide bonds. The van der Waals surface area contributed by atoms with E-state index in [0.717, 1.165) is 70.2 Å². The number of hydrogen-bond acceptors (Lipinski definition) is 3. The number of ketones is 1. The van der Waals surface area contributed by atoms with Crippen LogP contribution in [0, 0.1) is 5.82 Å². The first-order valence-corrected chi connectivity index (χ1v) is 13.4. The molecule has 4 nitrogen and oxygen atoms in total. The molecule has 1 aliphatic rings. The topological polar surface area (TPSA) is 44.1 Å². The van der Waals surface area contributed by atoms with Crippen molar-refractivity contribution < 1.29 is 13.9 Å². The highest BCUT2D eigenvalue weighted by Gasteiger charge is 2.20. The number of carbonyl (C=O) groups is 1. The molecule has 2 heterocycles. The summed E-state index contributed by atoms with van der Waals surface area (Å²) >= 11 is 6.56. The van der Waals surface area contributed by atoms with E-state index in [9.17, 15) is 9.18 Å². The van der Waals surface area contributed by atoms with E-state index >= 15 is 0 Å². The zero-order valence-corrected chi connectivity index (χ0v) is 22.3. The van der Waals surface area contributed by atoms with Crippen molar-refractivity contribution in [2.75, 3.05) is 6.61 Å². The van der Waals surface area contributed by atoms with E-state index < -0.39 is 0 Å². The Morgan fingerprint density at radius 2 is 1.89 bits per heavy atom. The number of carbonyl (C=O) groups excluding carboxylic acids is 1. The molecule has 1 aliphatic heterocycles. The number of fused-ring (bicyclic) bond motifs is 1. The maximum absolute atomic E-state index is 13.9. The predicted octanol–water partition coefficient (Wildman–Crippen LogP) is 8.50. The van der Waals surface area contributed by atoms with Gasteiger partial charge in [-0.1, -0.05) is 61.0 Å². The minimum atomic E-state index is -0.365. The van der Waals surface area contributed by atoms with E-state index in [1.165, 1.54) is 19.1 Å². The lowest BCUT2D eigenvalue weighted by Crippen LogP contribution is -2.18. The third-order valence-corrected chi connectivity index (χ3v) is 7.25. The Kier molecular flexibility index (Phi) is 7.87. The lowest BCUT2D eigenvalue weighted by atomic mass is 9.87. The van der Waals surface area contributed by atoms with Gasteiger partial charge in [-0.05, 0) is 96.3 Å². The molecule has 0 aliphatic carbocycles. The smallest absolute Gasteiger partial charge is 0.152 e. The first kappa shape index (κ1) is 26.1. The fourth-order valence-corrected chi connectivity index (χ4v) is 5.36. The molecule has 0 N–H and O–H groups in total. The van der Waals surface area contributed by atoms with Crippen molar-refractivity contribution in [1.29, 1.82) is 0 Å². The molecule has 1 fully saturated rings. The van der Waals surface area contributed by atoms with E-state index in [2.05, 4.69) is 30.2 Å². The zero-order valence-electron chi connectivity index (χ0n) is 21.6. The van der Waals surface area contributed by atoms with E-state index in [1.54, 1.807) is 18.2 Å². The molecule has 0 spiro atoms. The van der Waals surface area contributed by atoms with Crippen molar-refractivity contribution in [2.24, 2.45) is 0 Å². The highest BCUT2D eigenvalue weighted by Crippen LogP contribution is 2.38. The summed E-state index contributed by atoms with van der Waals surface area (Å²) in [5, 5.41) is 6.07. The van der Waals surface area contributed by atoms with Gasteiger partial charge in [-0.15, -0.1) is 0 Å². The summed E-state index contributed by atoms with van der Waals surface area (Å²) in [5.74, 6) is -0.363. The van der Waals surface area contributed by atoms with Crippen LogP contribution in [0.5, 0.6) is 0 Å². The quantitative estimate of drug-likeness (QED) is 0.178. The molecular weight excluding hydrogens is 499 g/mol. The van der Waals surface area contributed by atoms with E-state index in [0.29, 0.717) is 11.4 Å². The summed E-state index contributed by atoms with van der Waals surface area (Å²) in [7, 11) is 0. The second kappa shape index (κ2) is 11.5. The van der Waals surface area contributed by atoms with Crippen LogP contribution in [0.25, 0.3) is 28.1 Å². The molecule has 5 rings (SSSR count). The van der Waals surface area contributed by atoms with Gasteiger partial charge in [-0.3, -0.25) is 4.79 Å². The van der Waals surface area contributed by atoms with Gasteiger partial charge in [0.1, 0.15) is 5.82 Å². The molecule has 0 radical (unpaired) electrons. The molecule has 194 valence electrons. The molecule has 3 aromatic carbocycles. The molecule has 0 bridgehead atoms. The molecule has 1 atom stereocenters. The monoisotopic (exact) mass is 528 g/mol. The largest absolute Gasteiger partial charge is 0.356 e. The highest BCUT2D eigenvalue weighted by molar-refractivity contribution is 6.32. The Bertz CT molecular complexity index is 1530. The summed E-state index contributed by atoms with van der Waals surface area (Å²) in [6.07, 6.45) is 9.08. The van der Waals surface area contributed by atoms with Crippen molar-refractivity contribution >= 4 is 45.5 Å². The minimum Gasteiger partial charge on any atom is -0.356 e. The summed E-state index contributed by atoms with van der Waals surface area (Å²) in [5.41, 5.74) is 6.83. The van der Waals surface area contributed by atoms with Gasteiger partial charge < -0.3 is 4.74 Å². The molecule has 1 unspecified atom stereocenters. The van der Waals surface area contributed by atoms with Gasteiger partial charge in [-0.25, -0.2) is 9.07 Å². The maximum Gasteiger partial charge on any atom is 0.152 e. The Morgan fingerprint density at radius 3 is 2.58 bits per heavy atom. The Morgan fingerprint density at radius 1 is 1.11 bits per heavy atom. The Balaban J connectivity index is 1.65. The molecular formula is C32H30ClFN2O2. The minimum absolute atomic E-state index is 0.00126. The SMILES string of the molecule is CC/C(=C(/c1ccc(/C=C/C(C)=O)cc1)c1ccc2c(cnn2C2CCCCO2)c1)c1ccc(F)cc1Cl. The fraction of sp³-hybridized carbons (Fsp3) is 0.250. The van der Waals surface area contributed by atoms with Crippen LogP contribution in [-0.4, -0.2) is 22.2 Å². The number of halogens is 2. The van der Waals surface area contributed by atoms with Crippen LogP contribution in [0.3, 0.4) is 0 Å². The Hall–Kier alpha value is -3.54. The summed E-state index contributed by atoms with van der Waals surface area (Å²) in [4.78, 5) is 11.4. The number of nitrogens with zero attached hydrogens (tertiary/aromatic N) is 2. The third kappa shape index (κ3) is 5.50. The first-order valence-electron chi connectivity index (χ1n) is 13.0. The van der Waals surface area contributed by atoms with Crippen LogP contribution >= 0.6 is 11.6 Å². The summed E-state index contributed by atoms with van der Waals surface area (Å²) < 4.78 is 21.9. The maximum atomic E-state index is 13.9. The van der Waals surface area contributed by atoms with E-state index in [4.69, 9.17) is 16.3 Å². The van der Waals surface area contributed by atoms with Gasteiger partial charge in [0.05, 0.1) is 16.7 Å². The normalized spacial score (nSPS) is 16.7. The number of allylic oxidation sites excluding steroid dienone is 2.